The van der Waals surface area contributed by atoms with Gasteiger partial charge in [-0.15, -0.1) is 0 Å². The Bertz CT molecular complexity index is 3820. The summed E-state index contributed by atoms with van der Waals surface area (Å²) >= 11 is 0. The Kier molecular flexibility index (Phi) is 32.5. The van der Waals surface area contributed by atoms with Gasteiger partial charge in [-0.1, -0.05) is 99.9 Å². The lowest BCUT2D eigenvalue weighted by molar-refractivity contribution is -0.239. The SMILES string of the molecule is C.C.C.C.C1CC2CC1C1C3CCC(C3)C21.CCC(C)(C)C(=O)OC12CC3CC(C1)CC(C(=O)OC(CS(=O)(=O)[O-])C(F)(F)F)(C3)C2.CCC(C)(C)C(=O)OC1CCOC1=O.CCC(C)(C)C(=O)Oc1ccc(O)c(C)c1C.CCOC(=O)C(C)(C)CC.c1ccc(-[s+]2c3ccccc3c3ccccc32)cc1. The van der Waals surface area contributed by atoms with E-state index >= 15 is 0 Å². The Morgan fingerprint density at radius 3 is 1.49 bits per heavy atom. The summed E-state index contributed by atoms with van der Waals surface area (Å²) in [4.78, 5) is 72.7. The molecule has 2 heterocycles. The first kappa shape index (κ1) is 92.8. The Hall–Kier alpha value is -6.58. The van der Waals surface area contributed by atoms with E-state index in [0.29, 0.717) is 63.9 Å². The van der Waals surface area contributed by atoms with E-state index in [1.54, 1.807) is 85.3 Å². The van der Waals surface area contributed by atoms with E-state index < -0.39 is 79.4 Å². The molecule has 8 aliphatic carbocycles. The zero-order chi connectivity index (χ0) is 76.0. The number of carbonyl (C=O) groups excluding carboxylic acids is 6. The molecule has 1 N–H and O–H groups in total. The minimum atomic E-state index is -5.27. The number of esters is 6. The highest BCUT2D eigenvalue weighted by molar-refractivity contribution is 7.85. The normalized spacial score (nSPS) is 24.9. The first-order valence-corrected chi connectivity index (χ1v) is 40.0. The fraction of sp³-hybridized carbons (Fsp3) is 0.651. The molecule has 0 radical (unpaired) electrons. The van der Waals surface area contributed by atoms with Crippen LogP contribution < -0.4 is 4.74 Å². The average Bonchev–Trinajstić information content (AvgIpc) is 1.68. The van der Waals surface area contributed by atoms with Crippen LogP contribution in [0.3, 0.4) is 0 Å². The van der Waals surface area contributed by atoms with E-state index in [9.17, 15) is 60.0 Å². The monoisotopic (exact) mass is 1540 g/mol. The van der Waals surface area contributed by atoms with Crippen molar-refractivity contribution in [2.75, 3.05) is 19.0 Å². The van der Waals surface area contributed by atoms with Gasteiger partial charge in [0.05, 0.1) is 56.2 Å². The topological polar surface area (TPSA) is 235 Å². The van der Waals surface area contributed by atoms with Gasteiger partial charge in [-0.05, 0) is 279 Å². The molecule has 107 heavy (non-hydrogen) atoms. The maximum absolute atomic E-state index is 13.3. The van der Waals surface area contributed by atoms with Gasteiger partial charge in [-0.2, -0.15) is 13.2 Å². The number of alkyl halides is 3. The molecule has 16 nitrogen and oxygen atoms in total. The minimum absolute atomic E-state index is 0. The molecule has 14 rings (SSSR count). The Labute approximate surface area is 640 Å². The molecule has 1 aliphatic heterocycles. The fourth-order valence-electron chi connectivity index (χ4n) is 16.6. The van der Waals surface area contributed by atoms with E-state index in [1.807, 2.05) is 69.2 Å². The van der Waals surface area contributed by atoms with Crippen LogP contribution >= 0.6 is 10.5 Å². The number of cyclic esters (lactones) is 1. The van der Waals surface area contributed by atoms with Crippen molar-refractivity contribution in [2.45, 2.75) is 267 Å². The summed E-state index contributed by atoms with van der Waals surface area (Å²) in [5.41, 5.74) is -2.74. The number of hydrogen-bond acceptors (Lipinski definition) is 16. The van der Waals surface area contributed by atoms with Gasteiger partial charge in [0.1, 0.15) is 17.1 Å². The van der Waals surface area contributed by atoms with Crippen molar-refractivity contribution in [1.29, 1.82) is 0 Å². The van der Waals surface area contributed by atoms with Crippen LogP contribution in [-0.2, 0) is 62.6 Å². The lowest BCUT2D eigenvalue weighted by Gasteiger charge is -2.60. The molecule has 1 saturated heterocycles. The maximum Gasteiger partial charge on any atom is 0.426 e. The minimum Gasteiger partial charge on any atom is -0.748 e. The number of fused-ring (bicyclic) bond motifs is 12. The zero-order valence-electron chi connectivity index (χ0n) is 63.1. The van der Waals surface area contributed by atoms with Gasteiger partial charge < -0.3 is 38.1 Å². The number of benzene rings is 4. The van der Waals surface area contributed by atoms with Crippen molar-refractivity contribution in [2.24, 2.45) is 74.4 Å². The largest absolute Gasteiger partial charge is 0.748 e. The van der Waals surface area contributed by atoms with Crippen molar-refractivity contribution in [3.05, 3.63) is 102 Å². The number of carbonyl (C=O) groups is 6. The van der Waals surface area contributed by atoms with E-state index in [0.717, 1.165) is 30.4 Å². The predicted molar refractivity (Wildman–Crippen MR) is 419 cm³/mol. The van der Waals surface area contributed by atoms with Crippen molar-refractivity contribution in [1.82, 2.24) is 0 Å². The van der Waals surface area contributed by atoms with Crippen LogP contribution in [0.2, 0.25) is 0 Å². The molecule has 9 aliphatic rings. The summed E-state index contributed by atoms with van der Waals surface area (Å²) in [6.07, 6.45) is 6.59. The van der Waals surface area contributed by atoms with E-state index in [2.05, 4.69) is 83.6 Å². The second-order valence-corrected chi connectivity index (χ2v) is 36.1. The maximum atomic E-state index is 13.3. The molecule has 0 spiro atoms. The molecule has 8 atom stereocenters. The van der Waals surface area contributed by atoms with Crippen LogP contribution in [0.4, 0.5) is 13.2 Å². The smallest absolute Gasteiger partial charge is 0.426 e. The van der Waals surface area contributed by atoms with E-state index in [4.69, 9.17) is 23.7 Å². The number of thiophene rings is 1. The molecular weight excluding hydrogens is 1410 g/mol. The summed E-state index contributed by atoms with van der Waals surface area (Å²) in [5.74, 6) is 3.49. The quantitative estimate of drug-likeness (QED) is 0.0227. The highest BCUT2D eigenvalue weighted by Gasteiger charge is 2.65. The highest BCUT2D eigenvalue weighted by atomic mass is 32.2. The average molecular weight is 1540 g/mol. The first-order chi connectivity index (χ1) is 48.2. The second-order valence-electron chi connectivity index (χ2n) is 32.6. The number of phenolic OH excluding ortho intramolecular Hbond substituents is 1. The van der Waals surface area contributed by atoms with E-state index in [-0.39, 0.29) is 87.5 Å². The molecule has 0 amide bonds. The van der Waals surface area contributed by atoms with Crippen molar-refractivity contribution in [3.63, 3.8) is 0 Å². The number of ether oxygens (including phenoxy) is 6. The van der Waals surface area contributed by atoms with Gasteiger partial charge >= 0.3 is 42.0 Å². The third kappa shape index (κ3) is 21.9. The summed E-state index contributed by atoms with van der Waals surface area (Å²) in [6, 6.07) is 31.6. The van der Waals surface area contributed by atoms with Crippen LogP contribution in [-0.4, -0.2) is 96.8 Å². The van der Waals surface area contributed by atoms with Crippen LogP contribution in [0.25, 0.3) is 25.1 Å². The molecule has 5 aromatic rings. The third-order valence-electron chi connectivity index (χ3n) is 23.9. The summed E-state index contributed by atoms with van der Waals surface area (Å²) in [7, 11) is -5.21. The molecule has 8 saturated carbocycles. The number of aromatic hydroxyl groups is 1. The molecule has 8 bridgehead atoms. The van der Waals surface area contributed by atoms with E-state index in [1.165, 1.54) is 60.6 Å². The number of halogens is 3. The standard InChI is InChI=1S/C20H29F3O7S.C18H13S.C14H20O3.C12H18.C10H16O4.C8H16O2.4CH4/c1-4-17(2,3)15(24)30-19-8-12-5-13(9-19)7-18(6-12,11-19)16(25)29-14(20(21,22)23)10-31(26,27)28;1-2-8-14(9-3-1)19-17-12-6-4-10-15(17)16-11-5-7-13-18(16)19;1-6-14(4,5)13(16)17-12-8-7-11(15)9(2)10(12)3;1-2-8-5-7(1)11-9-3-4-10(6-9)12(8)11;1-4-10(2,3)9(12)14-7-5-6-13-8(7)11;1-5-8(3,4)7(9)10-6-2;;;;/h12-14H,4-11H2,1-3H3,(H,26,27,28);1-13H;7-8,15H,6H2,1-5H3;7-12H,1-6H2;7H,4-6H2,1-3H3;5-6H2,1-4H3;4*1H4/q;+1;;;;;;;;/p-1. The number of phenols is 1. The molecular formula is C86H127F3O16S2. The molecule has 9 fully saturated rings. The number of rotatable bonds is 17. The Morgan fingerprint density at radius 1 is 0.598 bits per heavy atom. The summed E-state index contributed by atoms with van der Waals surface area (Å²) in [5, 5.41) is 12.3. The first-order valence-electron chi connectivity index (χ1n) is 37.2. The zero-order valence-corrected chi connectivity index (χ0v) is 64.7. The van der Waals surface area contributed by atoms with Crippen LogP contribution in [0.1, 0.15) is 240 Å². The van der Waals surface area contributed by atoms with Gasteiger partial charge in [0.2, 0.25) is 12.2 Å². The highest BCUT2D eigenvalue weighted by Crippen LogP contribution is 2.68. The van der Waals surface area contributed by atoms with Crippen LogP contribution in [0.5, 0.6) is 11.5 Å². The van der Waals surface area contributed by atoms with Gasteiger partial charge in [0.15, 0.2) is 14.3 Å². The lowest BCUT2D eigenvalue weighted by atomic mass is 9.48. The van der Waals surface area contributed by atoms with Gasteiger partial charge in [0.25, 0.3) is 0 Å². The molecule has 21 heteroatoms. The second kappa shape index (κ2) is 37.4. The number of hydrogen-bond donors (Lipinski definition) is 1. The Morgan fingerprint density at radius 2 is 1.05 bits per heavy atom. The van der Waals surface area contributed by atoms with Crippen molar-refractivity contribution >= 4 is 76.6 Å². The lowest BCUT2D eigenvalue weighted by Crippen LogP contribution is -2.61. The molecule has 8 unspecified atom stereocenters. The van der Waals surface area contributed by atoms with Crippen LogP contribution in [0, 0.1) is 88.3 Å². The van der Waals surface area contributed by atoms with Gasteiger partial charge in [-0.25, -0.2) is 13.2 Å². The fourth-order valence-corrected chi connectivity index (χ4v) is 19.6. The van der Waals surface area contributed by atoms with Gasteiger partial charge in [0, 0.05) is 34.1 Å². The van der Waals surface area contributed by atoms with Crippen molar-refractivity contribution < 1.29 is 88.4 Å². The summed E-state index contributed by atoms with van der Waals surface area (Å²) < 4.78 is 106. The Balaban J connectivity index is 0.000000280. The third-order valence-corrected chi connectivity index (χ3v) is 27.0. The predicted octanol–water partition coefficient (Wildman–Crippen LogP) is 21.3. The molecule has 600 valence electrons. The molecule has 4 aromatic carbocycles. The summed E-state index contributed by atoms with van der Waals surface area (Å²) in [6.45, 7) is 28.6. The van der Waals surface area contributed by atoms with Crippen molar-refractivity contribution in [3.8, 4) is 16.4 Å². The van der Waals surface area contributed by atoms with Gasteiger partial charge in [-0.3, -0.25) is 24.0 Å². The van der Waals surface area contributed by atoms with Crippen LogP contribution in [0.15, 0.2) is 91.0 Å². The molecule has 1 aromatic heterocycles.